The first kappa shape index (κ1) is 12.8. The summed E-state index contributed by atoms with van der Waals surface area (Å²) in [6.45, 7) is 0.327. The Morgan fingerprint density at radius 1 is 1.14 bits per heavy atom. The zero-order chi connectivity index (χ0) is 15.1. The predicted octanol–water partition coefficient (Wildman–Crippen LogP) is 3.33. The number of benzene rings is 1. The lowest BCUT2D eigenvalue weighted by Gasteiger charge is -2.09. The van der Waals surface area contributed by atoms with Gasteiger partial charge in [0.1, 0.15) is 11.4 Å². The van der Waals surface area contributed by atoms with Crippen molar-refractivity contribution in [1.82, 2.24) is 9.55 Å². The van der Waals surface area contributed by atoms with E-state index < -0.39 is 0 Å². The third-order valence-electron chi connectivity index (χ3n) is 3.73. The molecular weight excluding hydrogens is 283 g/mol. The van der Waals surface area contributed by atoms with Gasteiger partial charge in [0.05, 0.1) is 23.7 Å². The molecule has 0 saturated heterocycles. The molecule has 0 spiro atoms. The van der Waals surface area contributed by atoms with Crippen LogP contribution in [0, 0.1) is 5.82 Å². The molecule has 3 aromatic heterocycles. The normalized spacial score (nSPS) is 11.3. The fourth-order valence-electron chi connectivity index (χ4n) is 2.64. The van der Waals surface area contributed by atoms with Crippen molar-refractivity contribution in [3.05, 3.63) is 76.8 Å². The maximum Gasteiger partial charge on any atom is 0.262 e. The Kier molecular flexibility index (Phi) is 2.79. The van der Waals surface area contributed by atoms with Crippen LogP contribution in [-0.4, -0.2) is 9.55 Å². The standard InChI is InChI=1S/C17H11FN2O2/c18-14-4-3-11(16-12(14)2-1-7-19-16)10-20-8-5-15-13(17(20)21)6-9-22-15/h1-9H,10H2. The minimum absolute atomic E-state index is 0.139. The summed E-state index contributed by atoms with van der Waals surface area (Å²) in [7, 11) is 0. The van der Waals surface area contributed by atoms with Gasteiger partial charge in [-0.1, -0.05) is 6.07 Å². The minimum atomic E-state index is -0.315. The molecule has 0 unspecified atom stereocenters. The number of rotatable bonds is 2. The minimum Gasteiger partial charge on any atom is -0.464 e. The Morgan fingerprint density at radius 2 is 2.05 bits per heavy atom. The molecule has 4 aromatic rings. The lowest BCUT2D eigenvalue weighted by Crippen LogP contribution is -2.19. The zero-order valence-corrected chi connectivity index (χ0v) is 11.5. The van der Waals surface area contributed by atoms with Crippen LogP contribution in [0.5, 0.6) is 0 Å². The van der Waals surface area contributed by atoms with Crippen LogP contribution < -0.4 is 5.56 Å². The summed E-state index contributed by atoms with van der Waals surface area (Å²) in [4.78, 5) is 16.7. The van der Waals surface area contributed by atoms with Crippen LogP contribution in [0.2, 0.25) is 0 Å². The average Bonchev–Trinajstić information content (AvgIpc) is 3.02. The number of furan rings is 1. The van der Waals surface area contributed by atoms with Crippen molar-refractivity contribution in [1.29, 1.82) is 0 Å². The number of nitrogens with zero attached hydrogens (tertiary/aromatic N) is 2. The summed E-state index contributed by atoms with van der Waals surface area (Å²) in [5.74, 6) is -0.315. The molecule has 0 N–H and O–H groups in total. The average molecular weight is 294 g/mol. The van der Waals surface area contributed by atoms with Crippen molar-refractivity contribution in [2.75, 3.05) is 0 Å². The maximum absolute atomic E-state index is 13.8. The Morgan fingerprint density at radius 3 is 2.95 bits per heavy atom. The molecule has 0 aliphatic rings. The molecule has 0 bridgehead atoms. The van der Waals surface area contributed by atoms with Crippen LogP contribution in [0.25, 0.3) is 21.9 Å². The van der Waals surface area contributed by atoms with E-state index in [0.717, 1.165) is 5.56 Å². The zero-order valence-electron chi connectivity index (χ0n) is 11.5. The first-order valence-corrected chi connectivity index (χ1v) is 6.83. The van der Waals surface area contributed by atoms with Crippen molar-refractivity contribution in [2.45, 2.75) is 6.54 Å². The van der Waals surface area contributed by atoms with Crippen molar-refractivity contribution in [3.63, 3.8) is 0 Å². The quantitative estimate of drug-likeness (QED) is 0.570. The van der Waals surface area contributed by atoms with Crippen LogP contribution in [-0.2, 0) is 6.54 Å². The molecule has 22 heavy (non-hydrogen) atoms. The molecule has 0 atom stereocenters. The fourth-order valence-corrected chi connectivity index (χ4v) is 2.64. The monoisotopic (exact) mass is 294 g/mol. The Balaban J connectivity index is 1.88. The van der Waals surface area contributed by atoms with E-state index in [4.69, 9.17) is 4.42 Å². The molecule has 0 radical (unpaired) electrons. The van der Waals surface area contributed by atoms with E-state index in [1.807, 2.05) is 0 Å². The van der Waals surface area contributed by atoms with Crippen molar-refractivity contribution in [3.8, 4) is 0 Å². The summed E-state index contributed by atoms with van der Waals surface area (Å²) >= 11 is 0. The van der Waals surface area contributed by atoms with Crippen molar-refractivity contribution in [2.24, 2.45) is 0 Å². The maximum atomic E-state index is 13.8. The van der Waals surface area contributed by atoms with Crippen molar-refractivity contribution < 1.29 is 8.81 Å². The van der Waals surface area contributed by atoms with Gasteiger partial charge in [0.2, 0.25) is 0 Å². The van der Waals surface area contributed by atoms with Crippen LogP contribution in [0.4, 0.5) is 4.39 Å². The Hall–Kier alpha value is -2.95. The largest absolute Gasteiger partial charge is 0.464 e. The van der Waals surface area contributed by atoms with E-state index >= 15 is 0 Å². The number of aromatic nitrogens is 2. The van der Waals surface area contributed by atoms with E-state index in [1.165, 1.54) is 12.3 Å². The molecule has 0 aliphatic carbocycles. The van der Waals surface area contributed by atoms with Gasteiger partial charge in [0, 0.05) is 17.8 Å². The first-order valence-electron chi connectivity index (χ1n) is 6.83. The molecule has 3 heterocycles. The second-order valence-electron chi connectivity index (χ2n) is 5.05. The number of halogens is 1. The van der Waals surface area contributed by atoms with Gasteiger partial charge in [-0.15, -0.1) is 0 Å². The highest BCUT2D eigenvalue weighted by atomic mass is 19.1. The van der Waals surface area contributed by atoms with Gasteiger partial charge < -0.3 is 8.98 Å². The topological polar surface area (TPSA) is 48.0 Å². The highest BCUT2D eigenvalue weighted by Crippen LogP contribution is 2.20. The van der Waals surface area contributed by atoms with Gasteiger partial charge in [0.25, 0.3) is 5.56 Å². The fraction of sp³-hybridized carbons (Fsp3) is 0.0588. The first-order chi connectivity index (χ1) is 10.7. The van der Waals surface area contributed by atoms with Crippen LogP contribution >= 0.6 is 0 Å². The number of pyridine rings is 2. The molecule has 5 heteroatoms. The van der Waals surface area contributed by atoms with Crippen LogP contribution in [0.15, 0.2) is 64.3 Å². The third-order valence-corrected chi connectivity index (χ3v) is 3.73. The van der Waals surface area contributed by atoms with E-state index in [0.29, 0.717) is 28.4 Å². The lowest BCUT2D eigenvalue weighted by atomic mass is 10.1. The number of hydrogen-bond acceptors (Lipinski definition) is 3. The summed E-state index contributed by atoms with van der Waals surface area (Å²) in [5.41, 5.74) is 1.78. The van der Waals surface area contributed by atoms with E-state index in [9.17, 15) is 9.18 Å². The summed E-state index contributed by atoms with van der Waals surface area (Å²) in [6.07, 6.45) is 4.78. The number of hydrogen-bond donors (Lipinski definition) is 0. The Labute approximate surface area is 124 Å². The lowest BCUT2D eigenvalue weighted by molar-refractivity contribution is 0.613. The van der Waals surface area contributed by atoms with Crippen molar-refractivity contribution >= 4 is 21.9 Å². The smallest absolute Gasteiger partial charge is 0.262 e. The van der Waals surface area contributed by atoms with E-state index in [2.05, 4.69) is 4.98 Å². The summed E-state index contributed by atoms with van der Waals surface area (Å²) in [6, 6.07) is 9.84. The van der Waals surface area contributed by atoms with Gasteiger partial charge in [-0.3, -0.25) is 9.78 Å². The number of fused-ring (bicyclic) bond motifs is 2. The van der Waals surface area contributed by atoms with Crippen LogP contribution in [0.3, 0.4) is 0 Å². The van der Waals surface area contributed by atoms with Gasteiger partial charge in [0.15, 0.2) is 0 Å². The molecule has 4 nitrogen and oxygen atoms in total. The van der Waals surface area contributed by atoms with Gasteiger partial charge in [-0.2, -0.15) is 0 Å². The highest BCUT2D eigenvalue weighted by molar-refractivity contribution is 5.82. The predicted molar refractivity (Wildman–Crippen MR) is 81.3 cm³/mol. The third kappa shape index (κ3) is 1.90. The second kappa shape index (κ2) is 4.80. The van der Waals surface area contributed by atoms with Gasteiger partial charge >= 0.3 is 0 Å². The highest BCUT2D eigenvalue weighted by Gasteiger charge is 2.10. The molecule has 0 amide bonds. The summed E-state index contributed by atoms with van der Waals surface area (Å²) < 4.78 is 20.6. The summed E-state index contributed by atoms with van der Waals surface area (Å²) in [5, 5.41) is 0.985. The van der Waals surface area contributed by atoms with Gasteiger partial charge in [-0.05, 0) is 35.9 Å². The SMILES string of the molecule is O=c1c2ccoc2ccn1Cc1ccc(F)c2cccnc12. The molecule has 0 aliphatic heterocycles. The second-order valence-corrected chi connectivity index (χ2v) is 5.05. The van der Waals surface area contributed by atoms with Crippen LogP contribution in [0.1, 0.15) is 5.56 Å². The van der Waals surface area contributed by atoms with E-state index in [-0.39, 0.29) is 11.4 Å². The molecule has 0 saturated carbocycles. The van der Waals surface area contributed by atoms with E-state index in [1.54, 1.807) is 47.3 Å². The molecule has 1 aromatic carbocycles. The van der Waals surface area contributed by atoms with Gasteiger partial charge in [-0.25, -0.2) is 4.39 Å². The molecular formula is C17H11FN2O2. The molecule has 0 fully saturated rings. The molecule has 108 valence electrons. The molecule has 4 rings (SSSR count). The Bertz CT molecular complexity index is 1050.